The third-order valence-electron chi connectivity index (χ3n) is 3.90. The van der Waals surface area contributed by atoms with Crippen molar-refractivity contribution in [3.63, 3.8) is 0 Å². The number of hydrogen-bond donors (Lipinski definition) is 2. The van der Waals surface area contributed by atoms with Gasteiger partial charge in [-0.25, -0.2) is 4.79 Å². The Morgan fingerprint density at radius 2 is 1.84 bits per heavy atom. The number of halogens is 1. The number of benzene rings is 1. The van der Waals surface area contributed by atoms with E-state index in [1.165, 1.54) is 0 Å². The van der Waals surface area contributed by atoms with Crippen LogP contribution in [0, 0.1) is 0 Å². The van der Waals surface area contributed by atoms with Gasteiger partial charge in [0.15, 0.2) is 0 Å². The molecule has 1 heterocycles. The minimum absolute atomic E-state index is 0.0500. The van der Waals surface area contributed by atoms with Crippen molar-refractivity contribution in [1.82, 2.24) is 15.5 Å². The Morgan fingerprint density at radius 1 is 1.21 bits per heavy atom. The predicted octanol–water partition coefficient (Wildman–Crippen LogP) is 1.94. The average molecular weight is 280 g/mol. The molecule has 0 bridgehead atoms. The van der Waals surface area contributed by atoms with Crippen LogP contribution in [-0.4, -0.2) is 37.1 Å². The van der Waals surface area contributed by atoms with Crippen LogP contribution in [-0.2, 0) is 5.54 Å². The van der Waals surface area contributed by atoms with Crippen LogP contribution < -0.4 is 10.6 Å². The first-order valence-electron chi connectivity index (χ1n) is 6.73. The van der Waals surface area contributed by atoms with Gasteiger partial charge in [0.1, 0.15) is 0 Å². The molecule has 1 saturated carbocycles. The van der Waals surface area contributed by atoms with Crippen molar-refractivity contribution in [1.29, 1.82) is 0 Å². The van der Waals surface area contributed by atoms with Crippen molar-refractivity contribution in [3.05, 3.63) is 34.9 Å². The third kappa shape index (κ3) is 2.69. The molecule has 2 N–H and O–H groups in total. The molecule has 1 aliphatic carbocycles. The van der Waals surface area contributed by atoms with Crippen LogP contribution in [0.4, 0.5) is 4.79 Å². The number of carbonyl (C=O) groups excluding carboxylic acids is 1. The second-order valence-corrected chi connectivity index (χ2v) is 5.69. The first kappa shape index (κ1) is 12.8. The molecule has 1 aromatic carbocycles. The Kier molecular flexibility index (Phi) is 3.37. The van der Waals surface area contributed by atoms with Crippen molar-refractivity contribution in [3.8, 4) is 0 Å². The molecule has 0 aromatic heterocycles. The summed E-state index contributed by atoms with van der Waals surface area (Å²) in [5.74, 6) is 0. The second-order valence-electron chi connectivity index (χ2n) is 5.26. The summed E-state index contributed by atoms with van der Waals surface area (Å²) >= 11 is 5.91. The summed E-state index contributed by atoms with van der Waals surface area (Å²) in [6, 6.07) is 7.83. The van der Waals surface area contributed by atoms with Crippen molar-refractivity contribution in [2.75, 3.05) is 26.2 Å². The van der Waals surface area contributed by atoms with Crippen molar-refractivity contribution < 1.29 is 4.79 Å². The quantitative estimate of drug-likeness (QED) is 0.869. The monoisotopic (exact) mass is 279 g/mol. The average Bonchev–Trinajstić information content (AvgIpc) is 3.21. The lowest BCUT2D eigenvalue weighted by Crippen LogP contribution is -2.52. The molecule has 0 radical (unpaired) electrons. The molecule has 0 unspecified atom stereocenters. The molecule has 19 heavy (non-hydrogen) atoms. The van der Waals surface area contributed by atoms with E-state index < -0.39 is 0 Å². The number of nitrogens with zero attached hydrogens (tertiary/aromatic N) is 1. The van der Waals surface area contributed by atoms with Gasteiger partial charge in [-0.3, -0.25) is 0 Å². The second kappa shape index (κ2) is 5.02. The molecule has 1 aliphatic heterocycles. The Morgan fingerprint density at radius 3 is 2.42 bits per heavy atom. The van der Waals surface area contributed by atoms with Gasteiger partial charge in [-0.05, 0) is 30.5 Å². The lowest BCUT2D eigenvalue weighted by molar-refractivity contribution is 0.185. The summed E-state index contributed by atoms with van der Waals surface area (Å²) in [5, 5.41) is 7.17. The van der Waals surface area contributed by atoms with E-state index in [4.69, 9.17) is 11.6 Å². The minimum atomic E-state index is -0.160. The summed E-state index contributed by atoms with van der Waals surface area (Å²) in [6.07, 6.45) is 2.01. The molecule has 2 amide bonds. The summed E-state index contributed by atoms with van der Waals surface area (Å²) in [7, 11) is 0. The zero-order chi connectivity index (χ0) is 13.3. The van der Waals surface area contributed by atoms with Gasteiger partial charge >= 0.3 is 6.03 Å². The van der Waals surface area contributed by atoms with Gasteiger partial charge in [0.05, 0.1) is 5.54 Å². The van der Waals surface area contributed by atoms with Crippen molar-refractivity contribution in [2.24, 2.45) is 0 Å². The maximum atomic E-state index is 12.3. The van der Waals surface area contributed by atoms with Crippen LogP contribution in [0.5, 0.6) is 0 Å². The summed E-state index contributed by atoms with van der Waals surface area (Å²) in [6.45, 7) is 3.31. The largest absolute Gasteiger partial charge is 0.328 e. The number of urea groups is 1. The molecule has 2 fully saturated rings. The lowest BCUT2D eigenvalue weighted by Gasteiger charge is -2.30. The highest BCUT2D eigenvalue weighted by molar-refractivity contribution is 6.30. The number of piperazine rings is 1. The number of rotatable bonds is 2. The fraction of sp³-hybridized carbons (Fsp3) is 0.500. The Bertz CT molecular complexity index is 464. The molecule has 102 valence electrons. The highest BCUT2D eigenvalue weighted by atomic mass is 35.5. The van der Waals surface area contributed by atoms with E-state index in [0.717, 1.165) is 49.6 Å². The van der Waals surface area contributed by atoms with Gasteiger partial charge in [0, 0.05) is 31.2 Å². The van der Waals surface area contributed by atoms with Crippen LogP contribution in [0.3, 0.4) is 0 Å². The zero-order valence-corrected chi connectivity index (χ0v) is 11.5. The molecule has 2 aliphatic rings. The molecule has 5 heteroatoms. The topological polar surface area (TPSA) is 44.4 Å². The summed E-state index contributed by atoms with van der Waals surface area (Å²) < 4.78 is 0. The smallest absolute Gasteiger partial charge is 0.318 e. The molecular formula is C14H18ClN3O. The van der Waals surface area contributed by atoms with Gasteiger partial charge in [0.2, 0.25) is 0 Å². The molecule has 4 nitrogen and oxygen atoms in total. The van der Waals surface area contributed by atoms with Gasteiger partial charge in [-0.1, -0.05) is 23.7 Å². The first-order chi connectivity index (χ1) is 9.20. The minimum Gasteiger partial charge on any atom is -0.328 e. The molecule has 0 atom stereocenters. The van der Waals surface area contributed by atoms with E-state index in [9.17, 15) is 4.79 Å². The Labute approximate surface area is 118 Å². The maximum absolute atomic E-state index is 12.3. The first-order valence-corrected chi connectivity index (χ1v) is 7.11. The maximum Gasteiger partial charge on any atom is 0.318 e. The molecule has 3 rings (SSSR count). The van der Waals surface area contributed by atoms with Gasteiger partial charge in [-0.2, -0.15) is 0 Å². The van der Waals surface area contributed by atoms with Crippen molar-refractivity contribution >= 4 is 17.6 Å². The van der Waals surface area contributed by atoms with Gasteiger partial charge in [-0.15, -0.1) is 0 Å². The molecule has 1 saturated heterocycles. The van der Waals surface area contributed by atoms with Crippen LogP contribution in [0.25, 0.3) is 0 Å². The van der Waals surface area contributed by atoms with E-state index in [0.29, 0.717) is 0 Å². The zero-order valence-electron chi connectivity index (χ0n) is 10.8. The van der Waals surface area contributed by atoms with E-state index in [-0.39, 0.29) is 11.6 Å². The van der Waals surface area contributed by atoms with Crippen molar-refractivity contribution in [2.45, 2.75) is 18.4 Å². The summed E-state index contributed by atoms with van der Waals surface area (Å²) in [5.41, 5.74) is 0.993. The van der Waals surface area contributed by atoms with E-state index in [2.05, 4.69) is 10.6 Å². The highest BCUT2D eigenvalue weighted by Crippen LogP contribution is 2.45. The van der Waals surface area contributed by atoms with Crippen LogP contribution in [0.2, 0.25) is 5.02 Å². The SMILES string of the molecule is O=C(NC1(c2ccc(Cl)cc2)CC1)N1CCNCC1. The van der Waals surface area contributed by atoms with Crippen LogP contribution in [0.15, 0.2) is 24.3 Å². The fourth-order valence-corrected chi connectivity index (χ4v) is 2.66. The Balaban J connectivity index is 1.68. The predicted molar refractivity (Wildman–Crippen MR) is 75.3 cm³/mol. The molecular weight excluding hydrogens is 262 g/mol. The molecule has 0 spiro atoms. The molecule has 1 aromatic rings. The van der Waals surface area contributed by atoms with Crippen LogP contribution in [0.1, 0.15) is 18.4 Å². The fourth-order valence-electron chi connectivity index (χ4n) is 2.53. The third-order valence-corrected chi connectivity index (χ3v) is 4.15. The number of amides is 2. The highest BCUT2D eigenvalue weighted by Gasteiger charge is 2.46. The van der Waals surface area contributed by atoms with Gasteiger partial charge in [0.25, 0.3) is 0 Å². The number of carbonyl (C=O) groups is 1. The van der Waals surface area contributed by atoms with Crippen LogP contribution >= 0.6 is 11.6 Å². The van der Waals surface area contributed by atoms with E-state index in [1.807, 2.05) is 29.2 Å². The number of hydrogen-bond acceptors (Lipinski definition) is 2. The van der Waals surface area contributed by atoms with E-state index in [1.54, 1.807) is 0 Å². The van der Waals surface area contributed by atoms with E-state index >= 15 is 0 Å². The number of nitrogens with one attached hydrogen (secondary N) is 2. The summed E-state index contributed by atoms with van der Waals surface area (Å²) in [4.78, 5) is 14.1. The van der Waals surface area contributed by atoms with Gasteiger partial charge < -0.3 is 15.5 Å². The normalized spacial score (nSPS) is 21.0. The Hall–Kier alpha value is -1.26. The standard InChI is InChI=1S/C14H18ClN3O/c15-12-3-1-11(2-4-12)14(5-6-14)17-13(19)18-9-7-16-8-10-18/h1-4,16H,5-10H2,(H,17,19). The lowest BCUT2D eigenvalue weighted by atomic mass is 10.1.